The van der Waals surface area contributed by atoms with Crippen molar-refractivity contribution in [3.8, 4) is 0 Å². The number of allylic oxidation sites excluding steroid dienone is 2. The van der Waals surface area contributed by atoms with Gasteiger partial charge in [-0.3, -0.25) is 0 Å². The molecule has 0 saturated heterocycles. The third kappa shape index (κ3) is 2.16. The fraction of sp³-hybridized carbons (Fsp3) is 0.625. The van der Waals surface area contributed by atoms with Crippen LogP contribution < -0.4 is 0 Å². The van der Waals surface area contributed by atoms with Crippen molar-refractivity contribution in [1.29, 1.82) is 0 Å². The fourth-order valence-electron chi connectivity index (χ4n) is 0.930. The zero-order valence-corrected chi connectivity index (χ0v) is 7.50. The van der Waals surface area contributed by atoms with E-state index in [1.54, 1.807) is 6.42 Å². The van der Waals surface area contributed by atoms with Crippen LogP contribution in [-0.4, -0.2) is 5.38 Å². The lowest BCUT2D eigenvalue weighted by Crippen LogP contribution is -2.06. The van der Waals surface area contributed by atoms with Gasteiger partial charge in [0.1, 0.15) is 0 Å². The summed E-state index contributed by atoms with van der Waals surface area (Å²) >= 11 is 4.46. The summed E-state index contributed by atoms with van der Waals surface area (Å²) in [6, 6.07) is 0. The second-order valence-electron chi connectivity index (χ2n) is 3.53. The molecule has 1 aliphatic rings. The average molecular weight is 198 g/mol. The number of hydrogen-bond acceptors (Lipinski definition) is 0. The molecular formula is C8H9ClF3. The van der Waals surface area contributed by atoms with Crippen LogP contribution in [-0.2, 0) is 0 Å². The Morgan fingerprint density at radius 3 is 2.25 bits per heavy atom. The lowest BCUT2D eigenvalue weighted by atomic mass is 10.1. The summed E-state index contributed by atoms with van der Waals surface area (Å²) in [5.41, 5.74) is -0.167. The smallest absolute Gasteiger partial charge is 0.204 e. The molecule has 0 heterocycles. The zero-order chi connectivity index (χ0) is 9.57. The largest absolute Gasteiger partial charge is 0.373 e. The highest BCUT2D eigenvalue weighted by molar-refractivity contribution is 6.23. The molecule has 1 atom stereocenters. The lowest BCUT2D eigenvalue weighted by molar-refractivity contribution is 0.109. The molecular weight excluding hydrogens is 189 g/mol. The van der Waals surface area contributed by atoms with Crippen LogP contribution in [0.4, 0.5) is 13.2 Å². The van der Waals surface area contributed by atoms with E-state index < -0.39 is 11.2 Å². The number of alkyl halides is 3. The van der Waals surface area contributed by atoms with Crippen LogP contribution in [0, 0.1) is 17.8 Å². The molecule has 12 heavy (non-hydrogen) atoms. The van der Waals surface area contributed by atoms with Gasteiger partial charge < -0.3 is 0 Å². The van der Waals surface area contributed by atoms with Crippen molar-refractivity contribution < 1.29 is 13.2 Å². The van der Waals surface area contributed by atoms with Crippen molar-refractivity contribution in [2.75, 3.05) is 0 Å². The molecule has 0 spiro atoms. The van der Waals surface area contributed by atoms with Crippen molar-refractivity contribution in [2.24, 2.45) is 11.3 Å². The molecule has 1 rings (SSSR count). The summed E-state index contributed by atoms with van der Waals surface area (Å²) < 4.78 is 36.6. The van der Waals surface area contributed by atoms with Gasteiger partial charge in [0.2, 0.25) is 0 Å². The number of hydrogen-bond donors (Lipinski definition) is 0. The first kappa shape index (κ1) is 9.90. The van der Waals surface area contributed by atoms with Gasteiger partial charge in [-0.1, -0.05) is 13.8 Å². The molecule has 0 aromatic carbocycles. The maximum absolute atomic E-state index is 12.5. The lowest BCUT2D eigenvalue weighted by Gasteiger charge is -2.04. The van der Waals surface area contributed by atoms with Gasteiger partial charge in [0.25, 0.3) is 0 Å². The molecule has 0 bridgehead atoms. The third-order valence-corrected chi connectivity index (χ3v) is 2.14. The standard InChI is InChI=1S/C8H9ClF3/c1-7(2)4-5(7)3-6(10)8(9,11)12/h3-5H,1-2H3/b6-3-. The van der Waals surface area contributed by atoms with Gasteiger partial charge in [-0.15, -0.1) is 0 Å². The Morgan fingerprint density at radius 1 is 1.58 bits per heavy atom. The van der Waals surface area contributed by atoms with Crippen LogP contribution in [0.5, 0.6) is 0 Å². The Morgan fingerprint density at radius 2 is 2.00 bits per heavy atom. The van der Waals surface area contributed by atoms with Crippen molar-refractivity contribution in [2.45, 2.75) is 19.2 Å². The average Bonchev–Trinajstić information content (AvgIpc) is 2.36. The van der Waals surface area contributed by atoms with E-state index >= 15 is 0 Å². The van der Waals surface area contributed by atoms with Crippen molar-refractivity contribution in [3.05, 3.63) is 18.3 Å². The van der Waals surface area contributed by atoms with Gasteiger partial charge >= 0.3 is 5.38 Å². The van der Waals surface area contributed by atoms with Crippen LogP contribution in [0.25, 0.3) is 0 Å². The number of halogens is 4. The topological polar surface area (TPSA) is 0 Å². The second kappa shape index (κ2) is 2.66. The quantitative estimate of drug-likeness (QED) is 0.594. The first-order valence-corrected chi connectivity index (χ1v) is 3.92. The Hall–Kier alpha value is -0.180. The highest BCUT2D eigenvalue weighted by Gasteiger charge is 2.46. The molecule has 4 heteroatoms. The van der Waals surface area contributed by atoms with Gasteiger partial charge in [-0.2, -0.15) is 8.78 Å². The number of rotatable bonds is 2. The summed E-state index contributed by atoms with van der Waals surface area (Å²) in [5, 5.41) is -3.85. The van der Waals surface area contributed by atoms with E-state index in [2.05, 4.69) is 11.6 Å². The van der Waals surface area contributed by atoms with Crippen LogP contribution in [0.2, 0.25) is 0 Å². The monoisotopic (exact) mass is 197 g/mol. The molecule has 0 nitrogen and oxygen atoms in total. The highest BCUT2D eigenvalue weighted by Crippen LogP contribution is 2.52. The summed E-state index contributed by atoms with van der Waals surface area (Å²) in [4.78, 5) is 0. The summed E-state index contributed by atoms with van der Waals surface area (Å²) in [7, 11) is 0. The first-order chi connectivity index (χ1) is 5.23. The van der Waals surface area contributed by atoms with Crippen molar-refractivity contribution in [3.63, 3.8) is 0 Å². The second-order valence-corrected chi connectivity index (χ2v) is 4.00. The Balaban J connectivity index is 2.60. The van der Waals surface area contributed by atoms with E-state index in [-0.39, 0.29) is 11.3 Å². The van der Waals surface area contributed by atoms with E-state index in [0.717, 1.165) is 6.08 Å². The summed E-state index contributed by atoms with van der Waals surface area (Å²) in [6.45, 7) is 3.68. The maximum Gasteiger partial charge on any atom is 0.373 e. The molecule has 1 aliphatic carbocycles. The van der Waals surface area contributed by atoms with Crippen LogP contribution >= 0.6 is 11.6 Å². The molecule has 0 aromatic heterocycles. The highest BCUT2D eigenvalue weighted by atomic mass is 35.5. The van der Waals surface area contributed by atoms with Crippen molar-refractivity contribution >= 4 is 11.6 Å². The normalized spacial score (nSPS) is 28.8. The van der Waals surface area contributed by atoms with Crippen LogP contribution in [0.1, 0.15) is 13.8 Å². The molecule has 0 N–H and O–H groups in total. The predicted molar refractivity (Wildman–Crippen MR) is 41.6 cm³/mol. The van der Waals surface area contributed by atoms with Gasteiger partial charge in [0.05, 0.1) is 0 Å². The van der Waals surface area contributed by atoms with Gasteiger partial charge in [-0.25, -0.2) is 4.39 Å². The third-order valence-electron chi connectivity index (χ3n) is 1.96. The molecule has 69 valence electrons. The first-order valence-electron chi connectivity index (χ1n) is 3.54. The Kier molecular flexibility index (Phi) is 2.19. The minimum absolute atomic E-state index is 0.167. The van der Waals surface area contributed by atoms with Gasteiger partial charge in [0.15, 0.2) is 5.83 Å². The van der Waals surface area contributed by atoms with E-state index in [9.17, 15) is 13.2 Å². The predicted octanol–water partition coefficient (Wildman–Crippen LogP) is 3.53. The minimum Gasteiger partial charge on any atom is -0.204 e. The van der Waals surface area contributed by atoms with Gasteiger partial charge in [0, 0.05) is 0 Å². The molecule has 0 aromatic rings. The molecule has 1 fully saturated rings. The zero-order valence-electron chi connectivity index (χ0n) is 6.74. The molecule has 1 radical (unpaired) electrons. The summed E-state index contributed by atoms with van der Waals surface area (Å²) in [6.07, 6.45) is 2.64. The molecule has 0 aliphatic heterocycles. The van der Waals surface area contributed by atoms with E-state index in [0.29, 0.717) is 0 Å². The van der Waals surface area contributed by atoms with E-state index in [1.807, 2.05) is 13.8 Å². The summed E-state index contributed by atoms with van der Waals surface area (Å²) in [5.74, 6) is -1.78. The maximum atomic E-state index is 12.5. The fourth-order valence-corrected chi connectivity index (χ4v) is 0.993. The SMILES string of the molecule is CC1(C)[CH]C1/C=C(\F)C(F)(F)Cl. The van der Waals surface area contributed by atoms with Crippen molar-refractivity contribution in [1.82, 2.24) is 0 Å². The minimum atomic E-state index is -3.85. The van der Waals surface area contributed by atoms with Gasteiger partial charge in [-0.05, 0) is 35.4 Å². The molecule has 0 amide bonds. The van der Waals surface area contributed by atoms with Crippen LogP contribution in [0.15, 0.2) is 11.9 Å². The molecule has 1 unspecified atom stereocenters. The van der Waals surface area contributed by atoms with Crippen LogP contribution in [0.3, 0.4) is 0 Å². The Labute approximate surface area is 74.4 Å². The Bertz CT molecular complexity index is 215. The van der Waals surface area contributed by atoms with E-state index in [1.165, 1.54) is 0 Å². The van der Waals surface area contributed by atoms with E-state index in [4.69, 9.17) is 0 Å². The molecule has 1 saturated carbocycles.